The maximum absolute atomic E-state index is 11.6. The van der Waals surface area contributed by atoms with Crippen molar-refractivity contribution in [3.8, 4) is 11.1 Å². The van der Waals surface area contributed by atoms with Crippen LogP contribution in [0.5, 0.6) is 0 Å². The zero-order chi connectivity index (χ0) is 14.7. The predicted molar refractivity (Wildman–Crippen MR) is 78.3 cm³/mol. The Labute approximate surface area is 125 Å². The molecule has 0 heterocycles. The van der Waals surface area contributed by atoms with Crippen molar-refractivity contribution >= 4 is 27.7 Å². The summed E-state index contributed by atoms with van der Waals surface area (Å²) in [6, 6.07) is 13.0. The van der Waals surface area contributed by atoms with E-state index in [9.17, 15) is 14.7 Å². The average molecular weight is 332 g/mol. The number of hydrogen-bond acceptors (Lipinski definition) is 3. The summed E-state index contributed by atoms with van der Waals surface area (Å²) in [5.41, 5.74) is 3.04. The molecule has 0 aliphatic carbocycles. The van der Waals surface area contributed by atoms with Gasteiger partial charge in [-0.1, -0.05) is 43.3 Å². The van der Waals surface area contributed by atoms with Gasteiger partial charge in [-0.2, -0.15) is 0 Å². The molecule has 3 nitrogen and oxygen atoms in total. The number of benzene rings is 2. The SMILES string of the molecule is CCc1c(-c2ccccc2)ccc(C(=O)C(=O)[O-])c1Br. The number of carbonyl (C=O) groups excluding carboxylic acids is 2. The van der Waals surface area contributed by atoms with E-state index in [4.69, 9.17) is 0 Å². The molecule has 4 heteroatoms. The van der Waals surface area contributed by atoms with Gasteiger partial charge in [0, 0.05) is 10.0 Å². The summed E-state index contributed by atoms with van der Waals surface area (Å²) in [5, 5.41) is 10.7. The second-order valence-corrected chi connectivity index (χ2v) is 5.08. The van der Waals surface area contributed by atoms with E-state index in [0.717, 1.165) is 16.7 Å². The quantitative estimate of drug-likeness (QED) is 0.639. The van der Waals surface area contributed by atoms with Gasteiger partial charge in [-0.25, -0.2) is 0 Å². The van der Waals surface area contributed by atoms with Crippen molar-refractivity contribution in [2.45, 2.75) is 13.3 Å². The second kappa shape index (κ2) is 6.01. The summed E-state index contributed by atoms with van der Waals surface area (Å²) in [6.07, 6.45) is 0.680. The zero-order valence-corrected chi connectivity index (χ0v) is 12.4. The summed E-state index contributed by atoms with van der Waals surface area (Å²) in [4.78, 5) is 22.3. The van der Waals surface area contributed by atoms with E-state index in [-0.39, 0.29) is 5.56 Å². The van der Waals surface area contributed by atoms with Gasteiger partial charge < -0.3 is 9.90 Å². The summed E-state index contributed by atoms with van der Waals surface area (Å²) in [5.74, 6) is -2.70. The van der Waals surface area contributed by atoms with E-state index in [1.54, 1.807) is 6.07 Å². The number of ketones is 1. The minimum absolute atomic E-state index is 0.126. The summed E-state index contributed by atoms with van der Waals surface area (Å²) in [6.45, 7) is 1.96. The number of hydrogen-bond donors (Lipinski definition) is 0. The standard InChI is InChI=1S/C16H13BrO3/c1-2-11-12(10-6-4-3-5-7-10)8-9-13(14(11)17)15(18)16(19)20/h3-9H,2H2,1H3,(H,19,20)/p-1. The molecule has 2 aromatic carbocycles. The Morgan fingerprint density at radius 3 is 2.30 bits per heavy atom. The molecule has 0 spiro atoms. The Hall–Kier alpha value is -1.94. The predicted octanol–water partition coefficient (Wildman–Crippen LogP) is 2.61. The molecule has 0 fully saturated rings. The van der Waals surface area contributed by atoms with Crippen molar-refractivity contribution in [1.82, 2.24) is 0 Å². The molecule has 0 amide bonds. The van der Waals surface area contributed by atoms with Crippen molar-refractivity contribution in [1.29, 1.82) is 0 Å². The van der Waals surface area contributed by atoms with Crippen LogP contribution in [0, 0.1) is 0 Å². The first-order valence-electron chi connectivity index (χ1n) is 6.18. The van der Waals surface area contributed by atoms with Crippen LogP contribution in [0.15, 0.2) is 46.9 Å². The molecule has 102 valence electrons. The van der Waals surface area contributed by atoms with Crippen molar-refractivity contribution in [3.63, 3.8) is 0 Å². The van der Waals surface area contributed by atoms with Crippen LogP contribution in [0.2, 0.25) is 0 Å². The number of carboxylic acids is 1. The van der Waals surface area contributed by atoms with E-state index in [2.05, 4.69) is 15.9 Å². The molecule has 0 bridgehead atoms. The largest absolute Gasteiger partial charge is 0.541 e. The number of aliphatic carboxylic acids is 1. The lowest BCUT2D eigenvalue weighted by Gasteiger charge is -2.14. The third kappa shape index (κ3) is 2.65. The Balaban J connectivity index is 2.61. The maximum Gasteiger partial charge on any atom is 0.209 e. The van der Waals surface area contributed by atoms with Crippen molar-refractivity contribution in [2.24, 2.45) is 0 Å². The van der Waals surface area contributed by atoms with Gasteiger partial charge in [-0.15, -0.1) is 0 Å². The van der Waals surface area contributed by atoms with Crippen LogP contribution in [0.1, 0.15) is 22.8 Å². The van der Waals surface area contributed by atoms with Gasteiger partial charge in [0.25, 0.3) is 0 Å². The topological polar surface area (TPSA) is 57.2 Å². The van der Waals surface area contributed by atoms with Gasteiger partial charge in [-0.05, 0) is 45.1 Å². The first-order chi connectivity index (χ1) is 9.56. The first kappa shape index (κ1) is 14.5. The van der Waals surface area contributed by atoms with Crippen LogP contribution in [0.3, 0.4) is 0 Å². The van der Waals surface area contributed by atoms with E-state index in [0.29, 0.717) is 10.9 Å². The molecule has 0 aliphatic rings. The van der Waals surface area contributed by atoms with Gasteiger partial charge >= 0.3 is 0 Å². The Morgan fingerprint density at radius 1 is 1.10 bits per heavy atom. The molecule has 2 rings (SSSR count). The Bertz CT molecular complexity index is 663. The molecule has 0 unspecified atom stereocenters. The highest BCUT2D eigenvalue weighted by Gasteiger charge is 2.16. The van der Waals surface area contributed by atoms with Crippen LogP contribution in [-0.4, -0.2) is 11.8 Å². The van der Waals surface area contributed by atoms with Gasteiger partial charge in [0.2, 0.25) is 5.78 Å². The third-order valence-corrected chi connectivity index (χ3v) is 4.02. The van der Waals surface area contributed by atoms with E-state index >= 15 is 0 Å². The third-order valence-electron chi connectivity index (χ3n) is 3.11. The summed E-state index contributed by atoms with van der Waals surface area (Å²) in [7, 11) is 0. The molecule has 0 aliphatic heterocycles. The van der Waals surface area contributed by atoms with E-state index in [1.807, 2.05) is 37.3 Å². The van der Waals surface area contributed by atoms with Gasteiger partial charge in [0.05, 0.1) is 0 Å². The molecule has 20 heavy (non-hydrogen) atoms. The van der Waals surface area contributed by atoms with Crippen LogP contribution in [-0.2, 0) is 11.2 Å². The lowest BCUT2D eigenvalue weighted by atomic mass is 9.95. The fourth-order valence-electron chi connectivity index (χ4n) is 2.14. The van der Waals surface area contributed by atoms with E-state index < -0.39 is 11.8 Å². The zero-order valence-electron chi connectivity index (χ0n) is 10.9. The molecule has 0 N–H and O–H groups in total. The summed E-state index contributed by atoms with van der Waals surface area (Å²) >= 11 is 3.35. The van der Waals surface area contributed by atoms with Crippen molar-refractivity contribution in [3.05, 3.63) is 58.1 Å². The number of carbonyl (C=O) groups is 2. The number of Topliss-reactive ketones (excluding diaryl/α,β-unsaturated/α-hetero) is 1. The smallest absolute Gasteiger partial charge is 0.209 e. The molecule has 2 aromatic rings. The molecular formula is C16H12BrO3-. The average Bonchev–Trinajstić information content (AvgIpc) is 2.47. The van der Waals surface area contributed by atoms with Crippen LogP contribution < -0.4 is 5.11 Å². The fraction of sp³-hybridized carbons (Fsp3) is 0.125. The number of rotatable bonds is 4. The first-order valence-corrected chi connectivity index (χ1v) is 6.98. The van der Waals surface area contributed by atoms with Crippen LogP contribution >= 0.6 is 15.9 Å². The van der Waals surface area contributed by atoms with E-state index in [1.165, 1.54) is 6.07 Å². The fourth-order valence-corrected chi connectivity index (χ4v) is 2.95. The number of halogens is 1. The molecule has 0 radical (unpaired) electrons. The van der Waals surface area contributed by atoms with Crippen LogP contribution in [0.25, 0.3) is 11.1 Å². The highest BCUT2D eigenvalue weighted by molar-refractivity contribution is 9.10. The summed E-state index contributed by atoms with van der Waals surface area (Å²) < 4.78 is 0.524. The minimum Gasteiger partial charge on any atom is -0.541 e. The monoisotopic (exact) mass is 331 g/mol. The van der Waals surface area contributed by atoms with Gasteiger partial charge in [0.1, 0.15) is 5.97 Å². The Kier molecular flexibility index (Phi) is 4.35. The highest BCUT2D eigenvalue weighted by atomic mass is 79.9. The van der Waals surface area contributed by atoms with Gasteiger partial charge in [-0.3, -0.25) is 4.79 Å². The van der Waals surface area contributed by atoms with Crippen LogP contribution in [0.4, 0.5) is 0 Å². The number of carboxylic acid groups (broad SMARTS) is 1. The Morgan fingerprint density at radius 2 is 1.75 bits per heavy atom. The normalized spacial score (nSPS) is 10.3. The van der Waals surface area contributed by atoms with Crippen molar-refractivity contribution in [2.75, 3.05) is 0 Å². The lowest BCUT2D eigenvalue weighted by Crippen LogP contribution is -2.31. The molecule has 0 aromatic heterocycles. The molecule has 0 saturated heterocycles. The lowest BCUT2D eigenvalue weighted by molar-refractivity contribution is -0.296. The minimum atomic E-state index is -1.69. The second-order valence-electron chi connectivity index (χ2n) is 4.29. The molecular weight excluding hydrogens is 320 g/mol. The van der Waals surface area contributed by atoms with Gasteiger partial charge in [0.15, 0.2) is 0 Å². The molecule has 0 saturated carbocycles. The maximum atomic E-state index is 11.6. The molecule has 0 atom stereocenters. The highest BCUT2D eigenvalue weighted by Crippen LogP contribution is 2.32. The van der Waals surface area contributed by atoms with Crippen molar-refractivity contribution < 1.29 is 14.7 Å².